The number of hydrogen-bond donors (Lipinski definition) is 3. The summed E-state index contributed by atoms with van der Waals surface area (Å²) in [5, 5.41) is 7.84. The number of ketones is 1. The maximum absolute atomic E-state index is 9.99. The van der Waals surface area contributed by atoms with Crippen LogP contribution in [0.15, 0.2) is 0 Å². The van der Waals surface area contributed by atoms with E-state index in [0.717, 1.165) is 0 Å². The van der Waals surface area contributed by atoms with Gasteiger partial charge in [0.2, 0.25) is 0 Å². The Bertz CT molecular complexity index is 120. The molecule has 0 radical (unpaired) electrons. The van der Waals surface area contributed by atoms with Crippen molar-refractivity contribution in [1.82, 2.24) is 0 Å². The lowest BCUT2D eigenvalue weighted by atomic mass is 10.3. The second-order valence-electron chi connectivity index (χ2n) is 1.20. The molecule has 0 bridgehead atoms. The van der Waals surface area contributed by atoms with Crippen LogP contribution in [0.5, 0.6) is 0 Å². The van der Waals surface area contributed by atoms with E-state index in [9.17, 15) is 9.59 Å². The Labute approximate surface area is 45.3 Å². The summed E-state index contributed by atoms with van der Waals surface area (Å²) in [6, 6.07) is 0. The lowest BCUT2D eigenvalue weighted by Gasteiger charge is -1.95. The molecule has 0 saturated heterocycles. The van der Waals surface area contributed by atoms with Gasteiger partial charge in [-0.3, -0.25) is 4.79 Å². The number of rotatable bonds is 2. The first-order valence-electron chi connectivity index (χ1n) is 1.84. The zero-order valence-corrected chi connectivity index (χ0v) is 4.00. The van der Waals surface area contributed by atoms with Gasteiger partial charge in [-0.1, -0.05) is 0 Å². The molecule has 0 amide bonds. The van der Waals surface area contributed by atoms with Gasteiger partial charge in [-0.15, -0.1) is 0 Å². The lowest BCUT2D eigenvalue weighted by Crippen LogP contribution is -2.43. The Morgan fingerprint density at radius 2 is 1.75 bits per heavy atom. The number of carbonyl (C=O) groups excluding carboxylic acids is 1. The third kappa shape index (κ3) is 1.67. The molecular formula is C3H6N2O3. The van der Waals surface area contributed by atoms with Gasteiger partial charge in [0.1, 0.15) is 6.17 Å². The molecule has 0 aromatic rings. The van der Waals surface area contributed by atoms with E-state index in [-0.39, 0.29) is 0 Å². The standard InChI is InChI=1S/C3H6N2O3/c4-2(5)1(6)3(7)8/h2H,4-5H2,(H,7,8). The molecule has 46 valence electrons. The van der Waals surface area contributed by atoms with Gasteiger partial charge in [-0.05, 0) is 0 Å². The average Bonchev–Trinajstić information content (AvgIpc) is 1.64. The highest BCUT2D eigenvalue weighted by Gasteiger charge is 2.15. The highest BCUT2D eigenvalue weighted by molar-refractivity contribution is 6.34. The Kier molecular flexibility index (Phi) is 2.11. The van der Waals surface area contributed by atoms with Gasteiger partial charge in [0.15, 0.2) is 0 Å². The van der Waals surface area contributed by atoms with E-state index < -0.39 is 17.9 Å². The van der Waals surface area contributed by atoms with E-state index in [1.807, 2.05) is 0 Å². The van der Waals surface area contributed by atoms with Crippen LogP contribution in [0.3, 0.4) is 0 Å². The number of carbonyl (C=O) groups is 2. The zero-order chi connectivity index (χ0) is 6.73. The quantitative estimate of drug-likeness (QED) is 0.284. The van der Waals surface area contributed by atoms with Crippen molar-refractivity contribution in [2.24, 2.45) is 11.5 Å². The minimum atomic E-state index is -1.60. The van der Waals surface area contributed by atoms with Crippen molar-refractivity contribution in [2.45, 2.75) is 6.17 Å². The normalized spacial score (nSPS) is 9.38. The van der Waals surface area contributed by atoms with E-state index in [2.05, 4.69) is 11.5 Å². The molecule has 0 fully saturated rings. The first-order valence-corrected chi connectivity index (χ1v) is 1.84. The molecule has 0 saturated carbocycles. The first-order chi connectivity index (χ1) is 3.55. The van der Waals surface area contributed by atoms with Crippen LogP contribution in [0.25, 0.3) is 0 Å². The van der Waals surface area contributed by atoms with Crippen LogP contribution in [-0.2, 0) is 9.59 Å². The molecule has 0 aromatic heterocycles. The number of nitrogens with two attached hydrogens (primary N) is 2. The van der Waals surface area contributed by atoms with Gasteiger partial charge in [-0.2, -0.15) is 0 Å². The van der Waals surface area contributed by atoms with Gasteiger partial charge in [-0.25, -0.2) is 4.79 Å². The maximum atomic E-state index is 9.99. The molecule has 0 unspecified atom stereocenters. The van der Waals surface area contributed by atoms with Crippen LogP contribution in [-0.4, -0.2) is 23.0 Å². The predicted octanol–water partition coefficient (Wildman–Crippen LogP) is -2.12. The van der Waals surface area contributed by atoms with Gasteiger partial charge >= 0.3 is 5.97 Å². The van der Waals surface area contributed by atoms with Crippen molar-refractivity contribution < 1.29 is 14.7 Å². The van der Waals surface area contributed by atoms with Gasteiger partial charge in [0.25, 0.3) is 5.78 Å². The summed E-state index contributed by atoms with van der Waals surface area (Å²) >= 11 is 0. The van der Waals surface area contributed by atoms with E-state index in [1.54, 1.807) is 0 Å². The summed E-state index contributed by atoms with van der Waals surface area (Å²) in [5.74, 6) is -2.77. The van der Waals surface area contributed by atoms with Crippen LogP contribution in [0, 0.1) is 0 Å². The van der Waals surface area contributed by atoms with Crippen molar-refractivity contribution >= 4 is 11.8 Å². The summed E-state index contributed by atoms with van der Waals surface area (Å²) in [6.45, 7) is 0. The summed E-state index contributed by atoms with van der Waals surface area (Å²) in [6.07, 6.45) is -1.40. The van der Waals surface area contributed by atoms with Crippen molar-refractivity contribution in [1.29, 1.82) is 0 Å². The Hall–Kier alpha value is -0.940. The molecule has 5 heteroatoms. The molecular weight excluding hydrogens is 112 g/mol. The van der Waals surface area contributed by atoms with Crippen molar-refractivity contribution in [3.8, 4) is 0 Å². The van der Waals surface area contributed by atoms with Gasteiger partial charge in [0.05, 0.1) is 0 Å². The maximum Gasteiger partial charge on any atom is 0.375 e. The number of hydrogen-bond acceptors (Lipinski definition) is 4. The van der Waals surface area contributed by atoms with Crippen LogP contribution >= 0.6 is 0 Å². The lowest BCUT2D eigenvalue weighted by molar-refractivity contribution is -0.149. The van der Waals surface area contributed by atoms with Crippen LogP contribution in [0.4, 0.5) is 0 Å². The minimum absolute atomic E-state index is 1.18. The molecule has 0 rings (SSSR count). The fourth-order valence-electron chi connectivity index (χ4n) is 0.143. The van der Waals surface area contributed by atoms with E-state index in [1.165, 1.54) is 0 Å². The predicted molar refractivity (Wildman–Crippen MR) is 24.8 cm³/mol. The average molecular weight is 118 g/mol. The van der Waals surface area contributed by atoms with Crippen molar-refractivity contribution in [3.05, 3.63) is 0 Å². The highest BCUT2D eigenvalue weighted by Crippen LogP contribution is 1.70. The van der Waals surface area contributed by atoms with Crippen LogP contribution in [0.2, 0.25) is 0 Å². The Balaban J connectivity index is 3.84. The molecule has 8 heavy (non-hydrogen) atoms. The summed E-state index contributed by atoms with van der Waals surface area (Å²) in [5.41, 5.74) is 9.37. The summed E-state index contributed by atoms with van der Waals surface area (Å²) in [4.78, 5) is 19.6. The number of Topliss-reactive ketones (excluding diaryl/α,β-unsaturated/α-hetero) is 1. The van der Waals surface area contributed by atoms with Crippen LogP contribution < -0.4 is 11.5 Å². The smallest absolute Gasteiger partial charge is 0.375 e. The zero-order valence-electron chi connectivity index (χ0n) is 4.00. The summed E-state index contributed by atoms with van der Waals surface area (Å²) in [7, 11) is 0. The summed E-state index contributed by atoms with van der Waals surface area (Å²) < 4.78 is 0. The largest absolute Gasteiger partial charge is 0.475 e. The number of aliphatic carboxylic acids is 1. The van der Waals surface area contributed by atoms with Gasteiger partial charge in [0, 0.05) is 0 Å². The SMILES string of the molecule is NC(N)C(=O)C(=O)O. The molecule has 5 nitrogen and oxygen atoms in total. The van der Waals surface area contributed by atoms with Crippen LogP contribution in [0.1, 0.15) is 0 Å². The minimum Gasteiger partial charge on any atom is -0.475 e. The molecule has 0 aliphatic heterocycles. The third-order valence-electron chi connectivity index (χ3n) is 0.514. The van der Waals surface area contributed by atoms with E-state index in [4.69, 9.17) is 5.11 Å². The van der Waals surface area contributed by atoms with E-state index in [0.29, 0.717) is 0 Å². The first kappa shape index (κ1) is 7.06. The molecule has 0 atom stereocenters. The van der Waals surface area contributed by atoms with Gasteiger partial charge < -0.3 is 16.6 Å². The molecule has 0 aromatic carbocycles. The topological polar surface area (TPSA) is 106 Å². The fourth-order valence-corrected chi connectivity index (χ4v) is 0.143. The van der Waals surface area contributed by atoms with E-state index >= 15 is 0 Å². The fraction of sp³-hybridized carbons (Fsp3) is 0.333. The monoisotopic (exact) mass is 118 g/mol. The number of carboxylic acid groups (broad SMARTS) is 1. The van der Waals surface area contributed by atoms with Crippen molar-refractivity contribution in [2.75, 3.05) is 0 Å². The highest BCUT2D eigenvalue weighted by atomic mass is 16.4. The Morgan fingerprint density at radius 1 is 1.38 bits per heavy atom. The second-order valence-corrected chi connectivity index (χ2v) is 1.20. The molecule has 5 N–H and O–H groups in total. The third-order valence-corrected chi connectivity index (χ3v) is 0.514. The molecule has 0 spiro atoms. The Morgan fingerprint density at radius 3 is 1.75 bits per heavy atom. The number of carboxylic acids is 1. The van der Waals surface area contributed by atoms with Crippen molar-refractivity contribution in [3.63, 3.8) is 0 Å². The second kappa shape index (κ2) is 2.39. The molecule has 0 aliphatic carbocycles. The molecule has 0 aliphatic rings. The molecule has 0 heterocycles.